The molecule has 3 rings (SSSR count). The molecular formula is C18H18N2O3S. The Hall–Kier alpha value is -2.47. The highest BCUT2D eigenvalue weighted by molar-refractivity contribution is 7.14. The maximum absolute atomic E-state index is 12.4. The van der Waals surface area contributed by atoms with E-state index in [0.717, 1.165) is 11.3 Å². The van der Waals surface area contributed by atoms with Crippen molar-refractivity contribution < 1.29 is 14.7 Å². The predicted molar refractivity (Wildman–Crippen MR) is 93.9 cm³/mol. The van der Waals surface area contributed by atoms with Gasteiger partial charge in [-0.25, -0.2) is 4.98 Å². The number of carboxylic acid groups (broad SMARTS) is 1. The highest BCUT2D eigenvalue weighted by Gasteiger charge is 2.34. The first kappa shape index (κ1) is 16.4. The van der Waals surface area contributed by atoms with Gasteiger partial charge in [0, 0.05) is 10.9 Å². The van der Waals surface area contributed by atoms with Gasteiger partial charge in [0.2, 0.25) is 5.91 Å². The first-order chi connectivity index (χ1) is 11.5. The van der Waals surface area contributed by atoms with Gasteiger partial charge in [-0.1, -0.05) is 42.0 Å². The number of allylic oxidation sites excluding steroid dienone is 2. The van der Waals surface area contributed by atoms with E-state index in [4.69, 9.17) is 0 Å². The van der Waals surface area contributed by atoms with E-state index in [2.05, 4.69) is 10.3 Å². The highest BCUT2D eigenvalue weighted by Crippen LogP contribution is 2.29. The molecule has 1 amide bonds. The number of aliphatic carboxylic acids is 1. The molecule has 124 valence electrons. The smallest absolute Gasteiger partial charge is 0.307 e. The molecule has 1 aromatic heterocycles. The van der Waals surface area contributed by atoms with Gasteiger partial charge >= 0.3 is 5.97 Å². The minimum atomic E-state index is -0.931. The van der Waals surface area contributed by atoms with Crippen LogP contribution in [0.25, 0.3) is 11.3 Å². The molecule has 2 aromatic rings. The van der Waals surface area contributed by atoms with Gasteiger partial charge in [0.05, 0.1) is 17.5 Å². The lowest BCUT2D eigenvalue weighted by Crippen LogP contribution is -2.34. The molecular weight excluding hydrogens is 324 g/mol. The van der Waals surface area contributed by atoms with Crippen molar-refractivity contribution in [3.63, 3.8) is 0 Å². The molecule has 2 atom stereocenters. The van der Waals surface area contributed by atoms with E-state index in [1.807, 2.05) is 48.7 Å². The monoisotopic (exact) mass is 342 g/mol. The predicted octanol–water partition coefficient (Wildman–Crippen LogP) is 3.72. The molecule has 0 unspecified atom stereocenters. The largest absolute Gasteiger partial charge is 0.481 e. The number of carbonyl (C=O) groups is 2. The van der Waals surface area contributed by atoms with Crippen molar-refractivity contribution in [1.82, 2.24) is 4.98 Å². The van der Waals surface area contributed by atoms with Crippen molar-refractivity contribution in [3.8, 4) is 11.3 Å². The summed E-state index contributed by atoms with van der Waals surface area (Å²) in [5, 5.41) is 14.4. The van der Waals surface area contributed by atoms with Crippen LogP contribution in [0.4, 0.5) is 5.13 Å². The minimum Gasteiger partial charge on any atom is -0.481 e. The standard InChI is InChI=1S/C18H18N2O3S/c1-11-6-8-12(9-7-11)15-10-24-18(19-15)20-16(21)13-4-2-3-5-14(13)17(22)23/h2-3,6-10,13-14H,4-5H2,1H3,(H,22,23)(H,19,20,21)/t13-,14-/m1/s1. The molecule has 0 saturated heterocycles. The molecule has 0 aliphatic heterocycles. The van der Waals surface area contributed by atoms with E-state index in [-0.39, 0.29) is 5.91 Å². The fourth-order valence-corrected chi connectivity index (χ4v) is 3.49. The molecule has 0 saturated carbocycles. The molecule has 0 fully saturated rings. The van der Waals surface area contributed by atoms with Crippen LogP contribution in [0.1, 0.15) is 18.4 Å². The van der Waals surface area contributed by atoms with E-state index < -0.39 is 17.8 Å². The Bertz CT molecular complexity index is 780. The molecule has 0 radical (unpaired) electrons. The van der Waals surface area contributed by atoms with Crippen LogP contribution in [0.5, 0.6) is 0 Å². The Morgan fingerprint density at radius 3 is 2.50 bits per heavy atom. The van der Waals surface area contributed by atoms with Crippen LogP contribution in [0, 0.1) is 18.8 Å². The van der Waals surface area contributed by atoms with Crippen molar-refractivity contribution in [2.24, 2.45) is 11.8 Å². The van der Waals surface area contributed by atoms with Gasteiger partial charge in [-0.15, -0.1) is 11.3 Å². The van der Waals surface area contributed by atoms with Gasteiger partial charge in [-0.05, 0) is 19.8 Å². The van der Waals surface area contributed by atoms with Crippen molar-refractivity contribution in [1.29, 1.82) is 0 Å². The Morgan fingerprint density at radius 1 is 1.17 bits per heavy atom. The molecule has 1 aliphatic carbocycles. The second-order valence-electron chi connectivity index (χ2n) is 5.89. The molecule has 6 heteroatoms. The summed E-state index contributed by atoms with van der Waals surface area (Å²) in [5.74, 6) is -2.44. The second kappa shape index (κ2) is 6.97. The van der Waals surface area contributed by atoms with E-state index in [0.29, 0.717) is 18.0 Å². The number of nitrogens with zero attached hydrogens (tertiary/aromatic N) is 1. The summed E-state index contributed by atoms with van der Waals surface area (Å²) in [4.78, 5) is 28.2. The molecule has 2 N–H and O–H groups in total. The van der Waals surface area contributed by atoms with Gasteiger partial charge < -0.3 is 10.4 Å². The fraction of sp³-hybridized carbons (Fsp3) is 0.278. The zero-order chi connectivity index (χ0) is 17.1. The Kier molecular flexibility index (Phi) is 4.76. The average Bonchev–Trinajstić information content (AvgIpc) is 3.04. The molecule has 0 bridgehead atoms. The summed E-state index contributed by atoms with van der Waals surface area (Å²) < 4.78 is 0. The van der Waals surface area contributed by atoms with Crippen LogP contribution in [0.15, 0.2) is 41.8 Å². The number of aryl methyl sites for hydroxylation is 1. The third kappa shape index (κ3) is 3.54. The van der Waals surface area contributed by atoms with Crippen molar-refractivity contribution >= 4 is 28.3 Å². The lowest BCUT2D eigenvalue weighted by atomic mass is 9.82. The zero-order valence-corrected chi connectivity index (χ0v) is 14.0. The number of hydrogen-bond acceptors (Lipinski definition) is 4. The maximum Gasteiger partial charge on any atom is 0.307 e. The molecule has 1 aliphatic rings. The van der Waals surface area contributed by atoms with Crippen molar-refractivity contribution in [2.45, 2.75) is 19.8 Å². The molecule has 1 heterocycles. The maximum atomic E-state index is 12.4. The minimum absolute atomic E-state index is 0.281. The molecule has 0 spiro atoms. The zero-order valence-electron chi connectivity index (χ0n) is 13.2. The summed E-state index contributed by atoms with van der Waals surface area (Å²) in [7, 11) is 0. The highest BCUT2D eigenvalue weighted by atomic mass is 32.1. The number of thiazole rings is 1. The SMILES string of the molecule is Cc1ccc(-c2csc(NC(=O)[C@@H]3CC=CC[C@H]3C(=O)O)n2)cc1. The number of hydrogen-bond donors (Lipinski definition) is 2. The first-order valence-electron chi connectivity index (χ1n) is 7.76. The number of rotatable bonds is 4. The fourth-order valence-electron chi connectivity index (χ4n) is 2.76. The third-order valence-electron chi connectivity index (χ3n) is 4.17. The quantitative estimate of drug-likeness (QED) is 0.830. The number of benzene rings is 1. The first-order valence-corrected chi connectivity index (χ1v) is 8.64. The van der Waals surface area contributed by atoms with Crippen LogP contribution >= 0.6 is 11.3 Å². The number of carboxylic acids is 1. The van der Waals surface area contributed by atoms with Crippen LogP contribution in [-0.4, -0.2) is 22.0 Å². The number of aromatic nitrogens is 1. The summed E-state index contributed by atoms with van der Waals surface area (Å²) in [6, 6.07) is 8.00. The summed E-state index contributed by atoms with van der Waals surface area (Å²) >= 11 is 1.34. The van der Waals surface area contributed by atoms with Crippen molar-refractivity contribution in [2.75, 3.05) is 5.32 Å². The molecule has 1 aromatic carbocycles. The topological polar surface area (TPSA) is 79.3 Å². The summed E-state index contributed by atoms with van der Waals surface area (Å²) in [5.41, 5.74) is 2.96. The van der Waals surface area contributed by atoms with Crippen LogP contribution in [-0.2, 0) is 9.59 Å². The Labute approximate surface area is 144 Å². The number of carbonyl (C=O) groups excluding carboxylic acids is 1. The van der Waals surface area contributed by atoms with E-state index in [9.17, 15) is 14.7 Å². The van der Waals surface area contributed by atoms with Crippen LogP contribution in [0.3, 0.4) is 0 Å². The lowest BCUT2D eigenvalue weighted by molar-refractivity contribution is -0.146. The Morgan fingerprint density at radius 2 is 1.83 bits per heavy atom. The molecule has 24 heavy (non-hydrogen) atoms. The Balaban J connectivity index is 1.72. The third-order valence-corrected chi connectivity index (χ3v) is 4.93. The molecule has 5 nitrogen and oxygen atoms in total. The number of amides is 1. The second-order valence-corrected chi connectivity index (χ2v) is 6.75. The van der Waals surface area contributed by atoms with Gasteiger partial charge in [-0.3, -0.25) is 9.59 Å². The van der Waals surface area contributed by atoms with Crippen LogP contribution in [0.2, 0.25) is 0 Å². The summed E-state index contributed by atoms with van der Waals surface area (Å²) in [6.45, 7) is 2.02. The van der Waals surface area contributed by atoms with Crippen LogP contribution < -0.4 is 5.32 Å². The van der Waals surface area contributed by atoms with E-state index >= 15 is 0 Å². The summed E-state index contributed by atoms with van der Waals surface area (Å²) in [6.07, 6.45) is 4.52. The van der Waals surface area contributed by atoms with Crippen molar-refractivity contribution in [3.05, 3.63) is 47.4 Å². The van der Waals surface area contributed by atoms with Gasteiger partial charge in [0.15, 0.2) is 5.13 Å². The normalized spacial score (nSPS) is 19.9. The number of nitrogens with one attached hydrogen (secondary N) is 1. The van der Waals surface area contributed by atoms with Gasteiger partial charge in [0.25, 0.3) is 0 Å². The average molecular weight is 342 g/mol. The number of anilines is 1. The van der Waals surface area contributed by atoms with E-state index in [1.165, 1.54) is 16.9 Å². The van der Waals surface area contributed by atoms with Gasteiger partial charge in [-0.2, -0.15) is 0 Å². The lowest BCUT2D eigenvalue weighted by Gasteiger charge is -2.23. The van der Waals surface area contributed by atoms with Gasteiger partial charge in [0.1, 0.15) is 0 Å². The van der Waals surface area contributed by atoms with E-state index in [1.54, 1.807) is 0 Å².